The van der Waals surface area contributed by atoms with Crippen molar-refractivity contribution in [3.63, 3.8) is 0 Å². The zero-order valence-electron chi connectivity index (χ0n) is 20.0. The van der Waals surface area contributed by atoms with Crippen LogP contribution in [-0.4, -0.2) is 36.7 Å². The lowest BCUT2D eigenvalue weighted by molar-refractivity contribution is -0.382. The second-order valence-electron chi connectivity index (χ2n) is 8.53. The Morgan fingerprint density at radius 1 is 0.683 bits per heavy atom. The average Bonchev–Trinajstić information content (AvgIpc) is 2.92. The lowest BCUT2D eigenvalue weighted by atomic mass is 10.1. The van der Waals surface area contributed by atoms with E-state index < -0.39 is 45.2 Å². The standard InChI is InChI=1S/C25H15F9NO3PS2/c26-22(27,24(30,31)32)23(28,29)25(33,34)41(36,37)38-17-13-16-14-20(11-12-21(16)35-15-17)39(40,18-7-3-1-4-8-18)19-9-5-2-6-10-19/h1-15H. The van der Waals surface area contributed by atoms with Crippen LogP contribution in [-0.2, 0) is 21.9 Å². The molecule has 0 spiro atoms. The van der Waals surface area contributed by atoms with Crippen molar-refractivity contribution < 1.29 is 52.1 Å². The molecule has 4 rings (SSSR count). The summed E-state index contributed by atoms with van der Waals surface area (Å²) in [5, 5.41) is -4.97. The number of nitrogens with zero attached hydrogens (tertiary/aromatic N) is 1. The van der Waals surface area contributed by atoms with Gasteiger partial charge in [0.05, 0.1) is 11.7 Å². The monoisotopic (exact) mass is 643 g/mol. The molecule has 4 nitrogen and oxygen atoms in total. The first kappa shape index (κ1) is 30.8. The molecule has 4 aromatic rings. The zero-order chi connectivity index (χ0) is 30.5. The molecule has 1 aromatic heterocycles. The Labute approximate surface area is 231 Å². The van der Waals surface area contributed by atoms with E-state index in [1.54, 1.807) is 66.7 Å². The summed E-state index contributed by atoms with van der Waals surface area (Å²) in [7, 11) is -7.12. The zero-order valence-corrected chi connectivity index (χ0v) is 22.5. The van der Waals surface area contributed by atoms with E-state index >= 15 is 0 Å². The van der Waals surface area contributed by atoms with Crippen molar-refractivity contribution in [1.29, 1.82) is 0 Å². The quantitative estimate of drug-likeness (QED) is 0.132. The van der Waals surface area contributed by atoms with Gasteiger partial charge in [0.15, 0.2) is 5.75 Å². The molecule has 0 atom stereocenters. The maximum absolute atomic E-state index is 14.1. The van der Waals surface area contributed by atoms with Crippen LogP contribution in [0, 0.1) is 0 Å². The smallest absolute Gasteiger partial charge is 0.376 e. The number of hydrogen-bond acceptors (Lipinski definition) is 5. The highest BCUT2D eigenvalue weighted by Gasteiger charge is 2.86. The molecule has 0 amide bonds. The predicted octanol–water partition coefficient (Wildman–Crippen LogP) is 6.12. The van der Waals surface area contributed by atoms with E-state index in [1.807, 2.05) is 0 Å². The fourth-order valence-corrected chi connectivity index (χ4v) is 8.41. The van der Waals surface area contributed by atoms with Crippen molar-refractivity contribution in [3.8, 4) is 5.75 Å². The van der Waals surface area contributed by atoms with Crippen LogP contribution in [0.15, 0.2) is 91.1 Å². The van der Waals surface area contributed by atoms with Gasteiger partial charge in [-0.2, -0.15) is 47.9 Å². The summed E-state index contributed by atoms with van der Waals surface area (Å²) in [6, 6.07) is 20.3. The Kier molecular flexibility index (Phi) is 7.72. The van der Waals surface area contributed by atoms with E-state index in [9.17, 15) is 47.9 Å². The molecule has 0 aliphatic heterocycles. The van der Waals surface area contributed by atoms with Crippen LogP contribution in [0.3, 0.4) is 0 Å². The molecule has 0 saturated heterocycles. The summed E-state index contributed by atoms with van der Waals surface area (Å²) in [6.45, 7) is 0. The maximum atomic E-state index is 14.1. The number of halogens is 9. The van der Waals surface area contributed by atoms with Gasteiger partial charge in [0.25, 0.3) is 0 Å². The van der Waals surface area contributed by atoms with Gasteiger partial charge in [0, 0.05) is 11.4 Å². The van der Waals surface area contributed by atoms with Crippen molar-refractivity contribution in [2.45, 2.75) is 23.3 Å². The van der Waals surface area contributed by atoms with Crippen LogP contribution in [0.25, 0.3) is 10.9 Å². The molecule has 16 heteroatoms. The molecule has 41 heavy (non-hydrogen) atoms. The molecular formula is C25H15F9NO3PS2. The van der Waals surface area contributed by atoms with Gasteiger partial charge in [-0.25, -0.2) is 0 Å². The minimum Gasteiger partial charge on any atom is -0.376 e. The van der Waals surface area contributed by atoms with Crippen LogP contribution >= 0.6 is 6.04 Å². The summed E-state index contributed by atoms with van der Waals surface area (Å²) in [6.07, 6.45) is -6.70. The van der Waals surface area contributed by atoms with Crippen LogP contribution in [0.2, 0.25) is 0 Å². The Morgan fingerprint density at radius 3 is 1.68 bits per heavy atom. The second-order valence-corrected chi connectivity index (χ2v) is 14.5. The third kappa shape index (κ3) is 5.08. The SMILES string of the molecule is O=S(=O)(Oc1cnc2ccc(P(=S)(c3ccccc3)c3ccccc3)cc2c1)C(F)(F)C(F)(F)C(F)(F)C(F)(F)F. The number of benzene rings is 3. The summed E-state index contributed by atoms with van der Waals surface area (Å²) in [5.74, 6) is -16.0. The molecule has 0 radical (unpaired) electrons. The number of pyridine rings is 1. The summed E-state index contributed by atoms with van der Waals surface area (Å²) >= 11 is 6.16. The molecule has 0 N–H and O–H groups in total. The van der Waals surface area contributed by atoms with Crippen molar-refractivity contribution in [2.75, 3.05) is 0 Å². The molecule has 0 saturated carbocycles. The number of hydrogen-bond donors (Lipinski definition) is 0. The van der Waals surface area contributed by atoms with Gasteiger partial charge in [0.1, 0.15) is 0 Å². The first-order chi connectivity index (χ1) is 18.9. The van der Waals surface area contributed by atoms with E-state index in [2.05, 4.69) is 9.17 Å². The Balaban J connectivity index is 1.79. The molecule has 0 aliphatic carbocycles. The molecule has 0 bridgehead atoms. The fourth-order valence-electron chi connectivity index (χ4n) is 3.76. The van der Waals surface area contributed by atoms with Gasteiger partial charge in [-0.1, -0.05) is 78.5 Å². The number of fused-ring (bicyclic) bond motifs is 1. The molecule has 3 aromatic carbocycles. The molecule has 0 unspecified atom stereocenters. The van der Waals surface area contributed by atoms with Crippen molar-refractivity contribution in [1.82, 2.24) is 4.98 Å². The van der Waals surface area contributed by atoms with Crippen LogP contribution in [0.5, 0.6) is 5.75 Å². The van der Waals surface area contributed by atoms with Gasteiger partial charge < -0.3 is 4.18 Å². The topological polar surface area (TPSA) is 56.3 Å². The predicted molar refractivity (Wildman–Crippen MR) is 138 cm³/mol. The van der Waals surface area contributed by atoms with Crippen molar-refractivity contribution in [3.05, 3.63) is 91.1 Å². The first-order valence-corrected chi connectivity index (χ1v) is 15.3. The number of aromatic nitrogens is 1. The van der Waals surface area contributed by atoms with Gasteiger partial charge in [-0.3, -0.25) is 4.98 Å². The van der Waals surface area contributed by atoms with E-state index in [0.29, 0.717) is 11.5 Å². The highest BCUT2D eigenvalue weighted by Crippen LogP contribution is 2.55. The third-order valence-corrected chi connectivity index (χ3v) is 12.1. The van der Waals surface area contributed by atoms with Gasteiger partial charge in [-0.05, 0) is 34.1 Å². The van der Waals surface area contributed by atoms with Crippen LogP contribution in [0.1, 0.15) is 0 Å². The third-order valence-electron chi connectivity index (χ3n) is 5.88. The summed E-state index contributed by atoms with van der Waals surface area (Å²) in [5.41, 5.74) is 0.141. The van der Waals surface area contributed by atoms with Gasteiger partial charge in [0.2, 0.25) is 0 Å². The maximum Gasteiger partial charge on any atom is 0.460 e. The second kappa shape index (κ2) is 10.3. The Hall–Kier alpha value is -3.16. The number of alkyl halides is 9. The minimum atomic E-state index is -7.42. The van der Waals surface area contributed by atoms with E-state index in [4.69, 9.17) is 11.8 Å². The average molecular weight is 643 g/mol. The fraction of sp³-hybridized carbons (Fsp3) is 0.160. The molecule has 0 aliphatic rings. The molecular weight excluding hydrogens is 628 g/mol. The Morgan fingerprint density at radius 2 is 1.20 bits per heavy atom. The van der Waals surface area contributed by atoms with E-state index in [1.165, 1.54) is 12.1 Å². The van der Waals surface area contributed by atoms with E-state index in [-0.39, 0.29) is 10.9 Å². The Bertz CT molecular complexity index is 1690. The molecule has 218 valence electrons. The summed E-state index contributed by atoms with van der Waals surface area (Å²) in [4.78, 5) is 3.79. The van der Waals surface area contributed by atoms with Crippen LogP contribution in [0.4, 0.5) is 39.5 Å². The van der Waals surface area contributed by atoms with Crippen molar-refractivity contribution >= 4 is 54.8 Å². The number of rotatable bonds is 8. The largest absolute Gasteiger partial charge is 0.460 e. The highest BCUT2D eigenvalue weighted by molar-refractivity contribution is 8.25. The lowest BCUT2D eigenvalue weighted by Crippen LogP contribution is -2.63. The van der Waals surface area contributed by atoms with E-state index in [0.717, 1.165) is 16.7 Å². The van der Waals surface area contributed by atoms with Gasteiger partial charge in [-0.15, -0.1) is 0 Å². The van der Waals surface area contributed by atoms with Crippen LogP contribution < -0.4 is 20.1 Å². The molecule has 1 heterocycles. The van der Waals surface area contributed by atoms with Gasteiger partial charge >= 0.3 is 33.4 Å². The van der Waals surface area contributed by atoms with Crippen molar-refractivity contribution in [2.24, 2.45) is 0 Å². The minimum absolute atomic E-state index is 0.0204. The highest BCUT2D eigenvalue weighted by atomic mass is 32.4. The summed E-state index contributed by atoms with van der Waals surface area (Å²) < 4.78 is 147. The normalized spacial score (nSPS) is 13.8. The molecule has 0 fully saturated rings. The lowest BCUT2D eigenvalue weighted by Gasteiger charge is -2.32. The first-order valence-electron chi connectivity index (χ1n) is 11.1.